The fourth-order valence-corrected chi connectivity index (χ4v) is 3.23. The summed E-state index contributed by atoms with van der Waals surface area (Å²) in [7, 11) is 0. The van der Waals surface area contributed by atoms with Crippen LogP contribution in [0.1, 0.15) is 5.56 Å². The minimum absolute atomic E-state index is 0.128. The molecule has 0 unspecified atom stereocenters. The molecule has 0 atom stereocenters. The number of hydrogen-bond donors (Lipinski definition) is 1. The number of imide groups is 1. The summed E-state index contributed by atoms with van der Waals surface area (Å²) in [6, 6.07) is 21.0. The van der Waals surface area contributed by atoms with Crippen molar-refractivity contribution in [1.82, 2.24) is 0 Å². The van der Waals surface area contributed by atoms with Crippen LogP contribution in [-0.2, 0) is 9.59 Å². The predicted octanol–water partition coefficient (Wildman–Crippen LogP) is 4.88. The third kappa shape index (κ3) is 3.28. The number of nitrogens with zero attached hydrogens (tertiary/aromatic N) is 1. The zero-order valence-corrected chi connectivity index (χ0v) is 15.3. The molecule has 4 nitrogen and oxygen atoms in total. The number of halogens is 2. The van der Waals surface area contributed by atoms with E-state index in [1.54, 1.807) is 36.4 Å². The van der Waals surface area contributed by atoms with Crippen LogP contribution < -0.4 is 10.2 Å². The Labute approximate surface area is 165 Å². The Morgan fingerprint density at radius 2 is 1.54 bits per heavy atom. The summed E-state index contributed by atoms with van der Waals surface area (Å²) in [5, 5.41) is 3.45. The second kappa shape index (κ2) is 7.29. The van der Waals surface area contributed by atoms with Gasteiger partial charge in [-0.15, -0.1) is 0 Å². The number of para-hydroxylation sites is 1. The number of benzene rings is 3. The molecule has 3 aromatic rings. The van der Waals surface area contributed by atoms with Crippen LogP contribution in [0.3, 0.4) is 0 Å². The van der Waals surface area contributed by atoms with Crippen molar-refractivity contribution in [3.8, 4) is 0 Å². The molecule has 0 radical (unpaired) electrons. The number of amides is 2. The summed E-state index contributed by atoms with van der Waals surface area (Å²) in [5.74, 6) is -1.43. The molecule has 138 valence electrons. The van der Waals surface area contributed by atoms with Crippen LogP contribution in [0.4, 0.5) is 15.8 Å². The molecule has 2 amide bonds. The maximum absolute atomic E-state index is 13.4. The average molecular weight is 393 g/mol. The van der Waals surface area contributed by atoms with Gasteiger partial charge in [0.2, 0.25) is 0 Å². The minimum Gasteiger partial charge on any atom is -0.350 e. The highest BCUT2D eigenvalue weighted by Crippen LogP contribution is 2.34. The molecule has 0 spiro atoms. The quantitative estimate of drug-likeness (QED) is 0.644. The van der Waals surface area contributed by atoms with Crippen LogP contribution in [0, 0.1) is 5.82 Å². The lowest BCUT2D eigenvalue weighted by atomic mass is 10.0. The van der Waals surface area contributed by atoms with Crippen LogP contribution in [0.25, 0.3) is 5.57 Å². The van der Waals surface area contributed by atoms with Gasteiger partial charge < -0.3 is 5.32 Å². The third-order valence-corrected chi connectivity index (χ3v) is 4.56. The highest BCUT2D eigenvalue weighted by molar-refractivity contribution is 6.46. The van der Waals surface area contributed by atoms with Gasteiger partial charge in [-0.3, -0.25) is 9.59 Å². The Hall–Kier alpha value is -3.44. The largest absolute Gasteiger partial charge is 0.350 e. The molecule has 0 saturated heterocycles. The Balaban J connectivity index is 1.83. The van der Waals surface area contributed by atoms with Crippen molar-refractivity contribution < 1.29 is 14.0 Å². The fourth-order valence-electron chi connectivity index (χ4n) is 3.05. The SMILES string of the molecule is O=C1C(Nc2ccccc2)=C(c2ccc(F)cc2)C(=O)N1c1cccc(Cl)c1. The van der Waals surface area contributed by atoms with Crippen molar-refractivity contribution in [2.75, 3.05) is 10.2 Å². The predicted molar refractivity (Wildman–Crippen MR) is 107 cm³/mol. The van der Waals surface area contributed by atoms with Crippen molar-refractivity contribution in [2.24, 2.45) is 0 Å². The van der Waals surface area contributed by atoms with E-state index >= 15 is 0 Å². The van der Waals surface area contributed by atoms with E-state index in [0.29, 0.717) is 22.0 Å². The van der Waals surface area contributed by atoms with Crippen molar-refractivity contribution in [1.29, 1.82) is 0 Å². The monoisotopic (exact) mass is 392 g/mol. The summed E-state index contributed by atoms with van der Waals surface area (Å²) >= 11 is 6.04. The number of nitrogens with one attached hydrogen (secondary N) is 1. The molecule has 0 aromatic heterocycles. The maximum atomic E-state index is 13.4. The lowest BCUT2D eigenvalue weighted by molar-refractivity contribution is -0.120. The average Bonchev–Trinajstić information content (AvgIpc) is 2.93. The van der Waals surface area contributed by atoms with Gasteiger partial charge in [0, 0.05) is 10.7 Å². The number of carbonyl (C=O) groups is 2. The van der Waals surface area contributed by atoms with Gasteiger partial charge in [0.1, 0.15) is 11.5 Å². The summed E-state index contributed by atoms with van der Waals surface area (Å²) in [4.78, 5) is 27.4. The van der Waals surface area contributed by atoms with Gasteiger partial charge in [-0.25, -0.2) is 9.29 Å². The van der Waals surface area contributed by atoms with Crippen molar-refractivity contribution in [3.63, 3.8) is 0 Å². The normalized spacial score (nSPS) is 14.0. The number of carbonyl (C=O) groups excluding carboxylic acids is 2. The highest BCUT2D eigenvalue weighted by Gasteiger charge is 2.40. The third-order valence-electron chi connectivity index (χ3n) is 4.33. The lowest BCUT2D eigenvalue weighted by Gasteiger charge is -2.15. The van der Waals surface area contributed by atoms with Crippen LogP contribution in [0.2, 0.25) is 5.02 Å². The molecule has 0 saturated carbocycles. The second-order valence-corrected chi connectivity index (χ2v) is 6.61. The van der Waals surface area contributed by atoms with E-state index in [9.17, 15) is 14.0 Å². The molecular formula is C22H14ClFN2O2. The molecule has 3 aromatic carbocycles. The Kier molecular flexibility index (Phi) is 4.67. The van der Waals surface area contributed by atoms with Gasteiger partial charge in [0.05, 0.1) is 11.3 Å². The summed E-state index contributed by atoms with van der Waals surface area (Å²) in [5.41, 5.74) is 1.78. The van der Waals surface area contributed by atoms with E-state index in [1.165, 1.54) is 24.3 Å². The Morgan fingerprint density at radius 3 is 2.21 bits per heavy atom. The second-order valence-electron chi connectivity index (χ2n) is 6.17. The van der Waals surface area contributed by atoms with Crippen molar-refractivity contribution in [3.05, 3.63) is 101 Å². The maximum Gasteiger partial charge on any atom is 0.282 e. The van der Waals surface area contributed by atoms with E-state index in [0.717, 1.165) is 4.90 Å². The number of hydrogen-bond acceptors (Lipinski definition) is 3. The van der Waals surface area contributed by atoms with Crippen molar-refractivity contribution in [2.45, 2.75) is 0 Å². The minimum atomic E-state index is -0.504. The van der Waals surface area contributed by atoms with Crippen LogP contribution in [0.5, 0.6) is 0 Å². The summed E-state index contributed by atoms with van der Waals surface area (Å²) in [6.45, 7) is 0. The Morgan fingerprint density at radius 1 is 0.821 bits per heavy atom. The molecule has 4 rings (SSSR count). The Bertz CT molecular complexity index is 1100. The molecule has 1 heterocycles. The van der Waals surface area contributed by atoms with Crippen LogP contribution in [-0.4, -0.2) is 11.8 Å². The molecule has 0 aliphatic carbocycles. The van der Waals surface area contributed by atoms with Gasteiger partial charge in [-0.2, -0.15) is 0 Å². The van der Waals surface area contributed by atoms with E-state index in [4.69, 9.17) is 11.6 Å². The smallest absolute Gasteiger partial charge is 0.282 e. The van der Waals surface area contributed by atoms with E-state index in [1.807, 2.05) is 18.2 Å². The number of anilines is 2. The number of rotatable bonds is 4. The molecule has 0 bridgehead atoms. The van der Waals surface area contributed by atoms with Gasteiger partial charge >= 0.3 is 0 Å². The highest BCUT2D eigenvalue weighted by atomic mass is 35.5. The first-order valence-electron chi connectivity index (χ1n) is 8.51. The van der Waals surface area contributed by atoms with E-state index in [2.05, 4.69) is 5.32 Å². The zero-order chi connectivity index (χ0) is 19.7. The first-order chi connectivity index (χ1) is 13.5. The van der Waals surface area contributed by atoms with Gasteiger partial charge in [-0.05, 0) is 48.0 Å². The summed E-state index contributed by atoms with van der Waals surface area (Å²) < 4.78 is 13.4. The molecule has 6 heteroatoms. The first kappa shape index (κ1) is 17.9. The molecular weight excluding hydrogens is 379 g/mol. The van der Waals surface area contributed by atoms with Gasteiger partial charge in [0.15, 0.2) is 0 Å². The molecule has 28 heavy (non-hydrogen) atoms. The van der Waals surface area contributed by atoms with Gasteiger partial charge in [-0.1, -0.05) is 48.0 Å². The van der Waals surface area contributed by atoms with Crippen LogP contribution >= 0.6 is 11.6 Å². The molecule has 1 N–H and O–H groups in total. The van der Waals surface area contributed by atoms with Crippen molar-refractivity contribution >= 4 is 40.4 Å². The lowest BCUT2D eigenvalue weighted by Crippen LogP contribution is -2.32. The van der Waals surface area contributed by atoms with Crippen LogP contribution in [0.15, 0.2) is 84.6 Å². The zero-order valence-electron chi connectivity index (χ0n) is 14.5. The summed E-state index contributed by atoms with van der Waals surface area (Å²) in [6.07, 6.45) is 0. The van der Waals surface area contributed by atoms with Gasteiger partial charge in [0.25, 0.3) is 11.8 Å². The fraction of sp³-hybridized carbons (Fsp3) is 0. The first-order valence-corrected chi connectivity index (χ1v) is 8.89. The molecule has 1 aliphatic heterocycles. The van der Waals surface area contributed by atoms with E-state index < -0.39 is 17.6 Å². The standard InChI is InChI=1S/C22H14ClFN2O2/c23-15-5-4-8-18(13-15)26-21(27)19(14-9-11-16(24)12-10-14)20(22(26)28)25-17-6-2-1-3-7-17/h1-13,25H. The molecule has 1 aliphatic rings. The topological polar surface area (TPSA) is 49.4 Å². The molecule has 0 fully saturated rings. The van der Waals surface area contributed by atoms with E-state index in [-0.39, 0.29) is 11.3 Å².